The lowest BCUT2D eigenvalue weighted by Crippen LogP contribution is -2.32. The van der Waals surface area contributed by atoms with Gasteiger partial charge in [0.1, 0.15) is 5.78 Å². The normalized spacial score (nSPS) is 34.2. The molecule has 16 heavy (non-hydrogen) atoms. The van der Waals surface area contributed by atoms with Crippen LogP contribution in [0.4, 0.5) is 0 Å². The molecule has 2 rings (SSSR count). The van der Waals surface area contributed by atoms with E-state index in [-0.39, 0.29) is 10.8 Å². The zero-order chi connectivity index (χ0) is 12.4. The molecule has 0 aromatic carbocycles. The number of ether oxygens (including phenoxy) is 1. The third kappa shape index (κ3) is 1.87. The van der Waals surface area contributed by atoms with Gasteiger partial charge in [-0.1, -0.05) is 20.8 Å². The SMILES string of the molecule is CC1(C)[C@@H]2CC[C@@]1(C)C(=O)C2.CCOC=O. The van der Waals surface area contributed by atoms with E-state index in [0.717, 1.165) is 12.8 Å². The first-order chi connectivity index (χ1) is 7.40. The van der Waals surface area contributed by atoms with Gasteiger partial charge >= 0.3 is 0 Å². The predicted octanol–water partition coefficient (Wildman–Crippen LogP) is 2.58. The zero-order valence-corrected chi connectivity index (χ0v) is 10.7. The maximum atomic E-state index is 11.6. The van der Waals surface area contributed by atoms with Crippen molar-refractivity contribution in [2.75, 3.05) is 6.61 Å². The van der Waals surface area contributed by atoms with Crippen LogP contribution in [-0.4, -0.2) is 18.9 Å². The van der Waals surface area contributed by atoms with Crippen LogP contribution in [0.1, 0.15) is 47.0 Å². The lowest BCUT2D eigenvalue weighted by molar-refractivity contribution is -0.129. The van der Waals surface area contributed by atoms with Crippen molar-refractivity contribution in [3.8, 4) is 0 Å². The molecule has 0 saturated heterocycles. The Morgan fingerprint density at radius 3 is 2.19 bits per heavy atom. The minimum absolute atomic E-state index is 0.0255. The highest BCUT2D eigenvalue weighted by molar-refractivity contribution is 5.89. The zero-order valence-electron chi connectivity index (χ0n) is 10.7. The van der Waals surface area contributed by atoms with Crippen LogP contribution in [0.2, 0.25) is 0 Å². The number of ketones is 1. The lowest BCUT2D eigenvalue weighted by atomic mass is 9.70. The van der Waals surface area contributed by atoms with Gasteiger partial charge in [-0.25, -0.2) is 0 Å². The maximum absolute atomic E-state index is 11.6. The molecule has 0 aromatic rings. The molecular weight excluding hydrogens is 204 g/mol. The van der Waals surface area contributed by atoms with E-state index >= 15 is 0 Å². The molecule has 2 atom stereocenters. The van der Waals surface area contributed by atoms with Gasteiger partial charge in [-0.15, -0.1) is 0 Å². The Morgan fingerprint density at radius 2 is 2.06 bits per heavy atom. The molecule has 2 saturated carbocycles. The van der Waals surface area contributed by atoms with Crippen LogP contribution in [0.3, 0.4) is 0 Å². The van der Waals surface area contributed by atoms with Gasteiger partial charge in [-0.2, -0.15) is 0 Å². The van der Waals surface area contributed by atoms with Crippen molar-refractivity contribution in [3.05, 3.63) is 0 Å². The van der Waals surface area contributed by atoms with Crippen molar-refractivity contribution in [2.24, 2.45) is 16.7 Å². The van der Waals surface area contributed by atoms with E-state index in [9.17, 15) is 9.59 Å². The van der Waals surface area contributed by atoms with Crippen LogP contribution in [0.5, 0.6) is 0 Å². The molecule has 0 unspecified atom stereocenters. The van der Waals surface area contributed by atoms with Crippen LogP contribution in [0.25, 0.3) is 0 Å². The second-order valence-electron chi connectivity index (χ2n) is 5.47. The Kier molecular flexibility index (Phi) is 3.76. The van der Waals surface area contributed by atoms with E-state index in [1.54, 1.807) is 6.92 Å². The first-order valence-electron chi connectivity index (χ1n) is 5.98. The summed E-state index contributed by atoms with van der Waals surface area (Å²) >= 11 is 0. The first-order valence-corrected chi connectivity index (χ1v) is 5.98. The number of carbonyl (C=O) groups excluding carboxylic acids is 2. The Labute approximate surface area is 97.5 Å². The fourth-order valence-electron chi connectivity index (χ4n) is 2.97. The highest BCUT2D eigenvalue weighted by Crippen LogP contribution is 2.63. The fraction of sp³-hybridized carbons (Fsp3) is 0.846. The third-order valence-corrected chi connectivity index (χ3v) is 4.72. The summed E-state index contributed by atoms with van der Waals surface area (Å²) in [7, 11) is 0. The van der Waals surface area contributed by atoms with Crippen LogP contribution in [0, 0.1) is 16.7 Å². The minimum Gasteiger partial charge on any atom is -0.468 e. The van der Waals surface area contributed by atoms with Crippen molar-refractivity contribution < 1.29 is 14.3 Å². The number of hydrogen-bond acceptors (Lipinski definition) is 3. The summed E-state index contributed by atoms with van der Waals surface area (Å²) in [6.45, 7) is 9.34. The molecule has 0 aliphatic heterocycles. The van der Waals surface area contributed by atoms with E-state index < -0.39 is 0 Å². The van der Waals surface area contributed by atoms with Gasteiger partial charge in [-0.3, -0.25) is 9.59 Å². The molecule has 0 heterocycles. The van der Waals surface area contributed by atoms with Gasteiger partial charge in [-0.05, 0) is 31.1 Å². The molecule has 2 aliphatic carbocycles. The summed E-state index contributed by atoms with van der Waals surface area (Å²) in [4.78, 5) is 20.8. The largest absolute Gasteiger partial charge is 0.468 e. The Morgan fingerprint density at radius 1 is 1.44 bits per heavy atom. The van der Waals surface area contributed by atoms with E-state index in [1.165, 1.54) is 6.42 Å². The second-order valence-corrected chi connectivity index (χ2v) is 5.47. The Balaban J connectivity index is 0.000000221. The van der Waals surface area contributed by atoms with Crippen LogP contribution in [0.15, 0.2) is 0 Å². The summed E-state index contributed by atoms with van der Waals surface area (Å²) in [5.41, 5.74) is 0.307. The highest BCUT2D eigenvalue weighted by Gasteiger charge is 2.61. The van der Waals surface area contributed by atoms with Crippen LogP contribution < -0.4 is 0 Å². The van der Waals surface area contributed by atoms with Gasteiger partial charge in [0.25, 0.3) is 6.47 Å². The molecule has 0 N–H and O–H groups in total. The number of hydrogen-bond donors (Lipinski definition) is 0. The van der Waals surface area contributed by atoms with Gasteiger partial charge in [0.2, 0.25) is 0 Å². The topological polar surface area (TPSA) is 43.4 Å². The lowest BCUT2D eigenvalue weighted by Gasteiger charge is -2.32. The van der Waals surface area contributed by atoms with Crippen molar-refractivity contribution in [2.45, 2.75) is 47.0 Å². The quantitative estimate of drug-likeness (QED) is 0.680. The summed E-state index contributed by atoms with van der Waals surface area (Å²) in [6.07, 6.45) is 3.25. The Bertz CT molecular complexity index is 283. The van der Waals surface area contributed by atoms with Gasteiger partial charge in [0.15, 0.2) is 0 Å². The Hall–Kier alpha value is -0.860. The van der Waals surface area contributed by atoms with E-state index in [2.05, 4.69) is 25.5 Å². The van der Waals surface area contributed by atoms with Crippen LogP contribution in [-0.2, 0) is 14.3 Å². The van der Waals surface area contributed by atoms with E-state index in [1.807, 2.05) is 0 Å². The molecule has 3 heteroatoms. The molecule has 0 radical (unpaired) electrons. The summed E-state index contributed by atoms with van der Waals surface area (Å²) in [5.74, 6) is 1.19. The number of rotatable bonds is 2. The highest BCUT2D eigenvalue weighted by atomic mass is 16.5. The summed E-state index contributed by atoms with van der Waals surface area (Å²) < 4.78 is 4.15. The molecule has 0 amide bonds. The molecule has 2 bridgehead atoms. The van der Waals surface area contributed by atoms with Crippen molar-refractivity contribution >= 4 is 12.3 Å². The smallest absolute Gasteiger partial charge is 0.293 e. The number of fused-ring (bicyclic) bond motifs is 2. The standard InChI is InChI=1S/C10H16O.C3H6O2/c1-9(2)7-4-5-10(9,3)8(11)6-7;1-2-5-3-4/h7H,4-6H2,1-3H3;3H,2H2,1H3/t7-,10+;/m1./s1. The molecule has 0 aromatic heterocycles. The third-order valence-electron chi connectivity index (χ3n) is 4.72. The second kappa shape index (κ2) is 4.56. The number of carbonyl (C=O) groups is 2. The summed E-state index contributed by atoms with van der Waals surface area (Å²) in [6, 6.07) is 0. The average molecular weight is 226 g/mol. The molecule has 0 spiro atoms. The predicted molar refractivity (Wildman–Crippen MR) is 61.9 cm³/mol. The molecule has 2 aliphatic rings. The van der Waals surface area contributed by atoms with Gasteiger partial charge in [0, 0.05) is 11.8 Å². The van der Waals surface area contributed by atoms with Crippen LogP contribution >= 0.6 is 0 Å². The van der Waals surface area contributed by atoms with Gasteiger partial charge in [0.05, 0.1) is 6.61 Å². The number of Topliss-reactive ketones (excluding diaryl/α,β-unsaturated/α-hetero) is 1. The van der Waals surface area contributed by atoms with E-state index in [0.29, 0.717) is 24.8 Å². The molecule has 3 nitrogen and oxygen atoms in total. The van der Waals surface area contributed by atoms with E-state index in [4.69, 9.17) is 0 Å². The maximum Gasteiger partial charge on any atom is 0.293 e. The molecular formula is C13H22O3. The minimum atomic E-state index is 0.0255. The van der Waals surface area contributed by atoms with Crippen molar-refractivity contribution in [1.29, 1.82) is 0 Å². The fourth-order valence-corrected chi connectivity index (χ4v) is 2.97. The molecule has 92 valence electrons. The average Bonchev–Trinajstić information content (AvgIpc) is 2.53. The van der Waals surface area contributed by atoms with Crippen molar-refractivity contribution in [1.82, 2.24) is 0 Å². The molecule has 2 fully saturated rings. The monoisotopic (exact) mass is 226 g/mol. The summed E-state index contributed by atoms with van der Waals surface area (Å²) in [5, 5.41) is 0. The van der Waals surface area contributed by atoms with Gasteiger partial charge < -0.3 is 4.74 Å². The van der Waals surface area contributed by atoms with Crippen molar-refractivity contribution in [3.63, 3.8) is 0 Å². The first kappa shape index (κ1) is 13.2.